The summed E-state index contributed by atoms with van der Waals surface area (Å²) in [6.45, 7) is 2.59. The number of ether oxygens (including phenoxy) is 1. The van der Waals surface area contributed by atoms with E-state index in [4.69, 9.17) is 4.74 Å². The number of hydrogen-bond donors (Lipinski definition) is 0. The fraction of sp³-hybridized carbons (Fsp3) is 0.900. The second kappa shape index (κ2) is 7.46. The first kappa shape index (κ1) is 12.2. The first-order valence-corrected chi connectivity index (χ1v) is 7.67. The van der Waals surface area contributed by atoms with E-state index in [1.54, 1.807) is 10.8 Å². The zero-order chi connectivity index (χ0) is 10.2. The highest BCUT2D eigenvalue weighted by atomic mass is 33.1. The van der Waals surface area contributed by atoms with Crippen molar-refractivity contribution in [3.8, 4) is 0 Å². The average molecular weight is 234 g/mol. The highest BCUT2D eigenvalue weighted by Gasteiger charge is 2.21. The van der Waals surface area contributed by atoms with Gasteiger partial charge in [-0.1, -0.05) is 41.4 Å². The molecule has 1 aliphatic heterocycles. The van der Waals surface area contributed by atoms with E-state index in [1.165, 1.54) is 25.0 Å². The fourth-order valence-corrected chi connectivity index (χ4v) is 3.95. The lowest BCUT2D eigenvalue weighted by atomic mass is 10.1. The summed E-state index contributed by atoms with van der Waals surface area (Å²) in [6.07, 6.45) is 5.61. The second-order valence-electron chi connectivity index (χ2n) is 3.42. The summed E-state index contributed by atoms with van der Waals surface area (Å²) in [4.78, 5) is 11.6. The van der Waals surface area contributed by atoms with E-state index >= 15 is 0 Å². The summed E-state index contributed by atoms with van der Waals surface area (Å²) >= 11 is 0. The zero-order valence-corrected chi connectivity index (χ0v) is 10.3. The van der Waals surface area contributed by atoms with Crippen LogP contribution in [-0.4, -0.2) is 23.6 Å². The molecular formula is C10H18O2S2. The van der Waals surface area contributed by atoms with Gasteiger partial charge in [0.15, 0.2) is 0 Å². The predicted molar refractivity (Wildman–Crippen MR) is 63.6 cm³/mol. The number of carbonyl (C=O) groups is 1. The van der Waals surface area contributed by atoms with Crippen molar-refractivity contribution in [2.24, 2.45) is 0 Å². The van der Waals surface area contributed by atoms with Crippen molar-refractivity contribution in [2.45, 2.75) is 44.3 Å². The first-order valence-electron chi connectivity index (χ1n) is 5.29. The van der Waals surface area contributed by atoms with Gasteiger partial charge in [0.2, 0.25) is 0 Å². The molecule has 1 unspecified atom stereocenters. The molecule has 0 saturated carbocycles. The Hall–Kier alpha value is 0.170. The van der Waals surface area contributed by atoms with Gasteiger partial charge in [-0.15, -0.1) is 0 Å². The van der Waals surface area contributed by atoms with Gasteiger partial charge in [-0.25, -0.2) is 0 Å². The van der Waals surface area contributed by atoms with E-state index in [0.29, 0.717) is 6.61 Å². The lowest BCUT2D eigenvalue weighted by Crippen LogP contribution is -2.20. The van der Waals surface area contributed by atoms with Crippen molar-refractivity contribution in [1.29, 1.82) is 0 Å². The smallest absolute Gasteiger partial charge is 0.319 e. The maximum atomic E-state index is 11.6. The van der Waals surface area contributed by atoms with Crippen LogP contribution >= 0.6 is 21.6 Å². The molecule has 1 aliphatic rings. The normalized spacial score (nSPS) is 23.6. The van der Waals surface area contributed by atoms with Gasteiger partial charge in [0.25, 0.3) is 0 Å². The Balaban J connectivity index is 2.27. The molecule has 4 heteroatoms. The highest BCUT2D eigenvalue weighted by Crippen LogP contribution is 2.34. The van der Waals surface area contributed by atoms with E-state index < -0.39 is 0 Å². The lowest BCUT2D eigenvalue weighted by Gasteiger charge is -2.17. The molecule has 82 valence electrons. The third-order valence-corrected chi connectivity index (χ3v) is 4.95. The van der Waals surface area contributed by atoms with Crippen LogP contribution in [0.15, 0.2) is 0 Å². The molecule has 0 N–H and O–H groups in total. The van der Waals surface area contributed by atoms with Crippen LogP contribution in [0.3, 0.4) is 0 Å². The van der Waals surface area contributed by atoms with Gasteiger partial charge in [0.05, 0.1) is 6.61 Å². The van der Waals surface area contributed by atoms with E-state index in [9.17, 15) is 4.79 Å². The number of rotatable bonds is 3. The summed E-state index contributed by atoms with van der Waals surface area (Å²) in [7, 11) is 3.51. The molecule has 0 aromatic rings. The maximum Gasteiger partial charge on any atom is 0.319 e. The Morgan fingerprint density at radius 3 is 3.07 bits per heavy atom. The molecular weight excluding hydrogens is 216 g/mol. The summed E-state index contributed by atoms with van der Waals surface area (Å²) in [5, 5.41) is 0.0758. The van der Waals surface area contributed by atoms with Crippen LogP contribution in [0.2, 0.25) is 0 Å². The third kappa shape index (κ3) is 4.60. The second-order valence-corrected chi connectivity index (χ2v) is 6.11. The minimum absolute atomic E-state index is 0.00810. The number of hydrogen-bond acceptors (Lipinski definition) is 4. The van der Waals surface area contributed by atoms with Crippen molar-refractivity contribution in [1.82, 2.24) is 0 Å². The zero-order valence-electron chi connectivity index (χ0n) is 8.66. The van der Waals surface area contributed by atoms with Crippen molar-refractivity contribution in [2.75, 3.05) is 12.4 Å². The van der Waals surface area contributed by atoms with Crippen molar-refractivity contribution < 1.29 is 9.53 Å². The molecule has 0 aromatic heterocycles. The van der Waals surface area contributed by atoms with Crippen LogP contribution in [0.5, 0.6) is 0 Å². The molecule has 0 spiro atoms. The molecule has 1 rings (SSSR count). The van der Waals surface area contributed by atoms with Gasteiger partial charge in [0, 0.05) is 5.75 Å². The molecule has 0 amide bonds. The first-order chi connectivity index (χ1) is 6.84. The van der Waals surface area contributed by atoms with Crippen molar-refractivity contribution in [3.05, 3.63) is 0 Å². The molecule has 1 heterocycles. The van der Waals surface area contributed by atoms with Crippen molar-refractivity contribution >= 4 is 27.6 Å². The average Bonchev–Trinajstić information content (AvgIpc) is 2.13. The van der Waals surface area contributed by atoms with Gasteiger partial charge >= 0.3 is 5.97 Å². The highest BCUT2D eigenvalue weighted by molar-refractivity contribution is 8.77. The number of esters is 1. The monoisotopic (exact) mass is 234 g/mol. The van der Waals surface area contributed by atoms with E-state index in [2.05, 4.69) is 0 Å². The topological polar surface area (TPSA) is 26.3 Å². The minimum atomic E-state index is -0.00810. The summed E-state index contributed by atoms with van der Waals surface area (Å²) in [5.41, 5.74) is 0. The third-order valence-electron chi connectivity index (χ3n) is 2.09. The van der Waals surface area contributed by atoms with Crippen LogP contribution in [0.1, 0.15) is 39.0 Å². The Morgan fingerprint density at radius 1 is 1.43 bits per heavy atom. The standard InChI is InChI=1S/C10H18O2S2/c1-2-7-12-10(11)9-6-4-3-5-8-13-14-9/h9H,2-8H2,1H3. The van der Waals surface area contributed by atoms with Crippen LogP contribution in [-0.2, 0) is 9.53 Å². The van der Waals surface area contributed by atoms with Gasteiger partial charge in [-0.05, 0) is 19.3 Å². The maximum absolute atomic E-state index is 11.6. The van der Waals surface area contributed by atoms with Gasteiger partial charge in [-0.3, -0.25) is 4.79 Å². The van der Waals surface area contributed by atoms with Crippen molar-refractivity contribution in [3.63, 3.8) is 0 Å². The molecule has 14 heavy (non-hydrogen) atoms. The molecule has 0 radical (unpaired) electrons. The molecule has 1 fully saturated rings. The predicted octanol–water partition coefficient (Wildman–Crippen LogP) is 3.26. The Morgan fingerprint density at radius 2 is 2.29 bits per heavy atom. The largest absolute Gasteiger partial charge is 0.465 e. The fourth-order valence-electron chi connectivity index (χ4n) is 1.30. The molecule has 0 aliphatic carbocycles. The summed E-state index contributed by atoms with van der Waals surface area (Å²) in [5.74, 6) is 1.16. The summed E-state index contributed by atoms with van der Waals surface area (Å²) in [6, 6.07) is 0. The SMILES string of the molecule is CCCOC(=O)C1CCCCCSS1. The van der Waals surface area contributed by atoms with E-state index in [-0.39, 0.29) is 11.2 Å². The van der Waals surface area contributed by atoms with E-state index in [0.717, 1.165) is 12.8 Å². The molecule has 0 aromatic carbocycles. The summed E-state index contributed by atoms with van der Waals surface area (Å²) < 4.78 is 5.15. The lowest BCUT2D eigenvalue weighted by molar-refractivity contribution is -0.143. The Bertz CT molecular complexity index is 166. The minimum Gasteiger partial charge on any atom is -0.465 e. The molecule has 1 saturated heterocycles. The van der Waals surface area contributed by atoms with Crippen LogP contribution in [0.25, 0.3) is 0 Å². The van der Waals surface area contributed by atoms with Gasteiger partial charge in [-0.2, -0.15) is 0 Å². The van der Waals surface area contributed by atoms with Gasteiger partial charge in [0.1, 0.15) is 5.25 Å². The van der Waals surface area contributed by atoms with E-state index in [1.807, 2.05) is 17.7 Å². The van der Waals surface area contributed by atoms with Gasteiger partial charge < -0.3 is 4.74 Å². The van der Waals surface area contributed by atoms with Crippen LogP contribution in [0, 0.1) is 0 Å². The Labute approximate surface area is 93.9 Å². The van der Waals surface area contributed by atoms with Crippen LogP contribution in [0.4, 0.5) is 0 Å². The van der Waals surface area contributed by atoms with Crippen LogP contribution < -0.4 is 0 Å². The molecule has 1 atom stereocenters. The quantitative estimate of drug-likeness (QED) is 0.553. The Kier molecular flexibility index (Phi) is 6.52. The molecule has 0 bridgehead atoms. The number of carbonyl (C=O) groups excluding carboxylic acids is 1. The molecule has 2 nitrogen and oxygen atoms in total.